The molecule has 9 heteroatoms. The van der Waals surface area contributed by atoms with Gasteiger partial charge in [-0.15, -0.1) is 0 Å². The third kappa shape index (κ3) is 3.86. The average Bonchev–Trinajstić information content (AvgIpc) is 2.97. The minimum atomic E-state index is -0.819. The van der Waals surface area contributed by atoms with Gasteiger partial charge in [-0.3, -0.25) is 9.78 Å². The highest BCUT2D eigenvalue weighted by Crippen LogP contribution is 2.49. The van der Waals surface area contributed by atoms with Crippen molar-refractivity contribution in [3.8, 4) is 11.5 Å². The highest BCUT2D eigenvalue weighted by molar-refractivity contribution is 8.01. The number of aryl methyl sites for hydroxylation is 1. The number of aliphatic carboxylic acids is 1. The molecule has 4 rings (SSSR count). The van der Waals surface area contributed by atoms with Gasteiger partial charge in [0.2, 0.25) is 0 Å². The molecule has 0 amide bonds. The van der Waals surface area contributed by atoms with Crippen LogP contribution in [-0.4, -0.2) is 35.3 Å². The zero-order valence-corrected chi connectivity index (χ0v) is 17.9. The smallest absolute Gasteiger partial charge is 0.320 e. The van der Waals surface area contributed by atoms with Crippen molar-refractivity contribution in [2.75, 3.05) is 0 Å². The molecule has 150 valence electrons. The van der Waals surface area contributed by atoms with Crippen molar-refractivity contribution in [1.29, 1.82) is 0 Å². The van der Waals surface area contributed by atoms with Crippen LogP contribution in [0.15, 0.2) is 41.8 Å². The van der Waals surface area contributed by atoms with Crippen LogP contribution in [0, 0.1) is 6.92 Å². The third-order valence-corrected chi connectivity index (χ3v) is 7.34. The first kappa shape index (κ1) is 20.2. The van der Waals surface area contributed by atoms with Crippen LogP contribution >= 0.6 is 35.0 Å². The van der Waals surface area contributed by atoms with Gasteiger partial charge >= 0.3 is 5.97 Å². The van der Waals surface area contributed by atoms with Gasteiger partial charge < -0.3 is 9.67 Å². The number of hydrogen-bond acceptors (Lipinski definition) is 5. The lowest BCUT2D eigenvalue weighted by Gasteiger charge is -2.37. The number of benzene rings is 1. The lowest BCUT2D eigenvalue weighted by Crippen LogP contribution is -2.42. The van der Waals surface area contributed by atoms with E-state index in [1.165, 1.54) is 11.8 Å². The normalized spacial score (nSPS) is 15.1. The van der Waals surface area contributed by atoms with Gasteiger partial charge in [0.15, 0.2) is 5.82 Å². The number of hydrogen-bond donors (Lipinski definition) is 1. The van der Waals surface area contributed by atoms with E-state index in [1.807, 2.05) is 17.6 Å². The molecule has 29 heavy (non-hydrogen) atoms. The summed E-state index contributed by atoms with van der Waals surface area (Å²) in [7, 11) is 0. The number of imidazole rings is 1. The predicted octanol–water partition coefficient (Wildman–Crippen LogP) is 5.10. The van der Waals surface area contributed by atoms with Gasteiger partial charge in [0.05, 0.1) is 23.5 Å². The Morgan fingerprint density at radius 2 is 2.10 bits per heavy atom. The van der Waals surface area contributed by atoms with Crippen LogP contribution in [0.2, 0.25) is 10.0 Å². The molecule has 1 N–H and O–H groups in total. The number of carboxylic acid groups (broad SMARTS) is 1. The molecule has 0 spiro atoms. The van der Waals surface area contributed by atoms with E-state index in [4.69, 9.17) is 28.2 Å². The second-order valence-electron chi connectivity index (χ2n) is 6.99. The van der Waals surface area contributed by atoms with Crippen LogP contribution in [0.3, 0.4) is 0 Å². The lowest BCUT2D eigenvalue weighted by molar-refractivity contribution is -0.142. The molecule has 2 aromatic heterocycles. The van der Waals surface area contributed by atoms with Crippen molar-refractivity contribution >= 4 is 40.9 Å². The van der Waals surface area contributed by atoms with Crippen LogP contribution < -0.4 is 0 Å². The number of carbonyl (C=O) groups is 1. The fourth-order valence-electron chi connectivity index (χ4n) is 3.32. The second kappa shape index (κ2) is 7.97. The topological polar surface area (TPSA) is 80.9 Å². The van der Waals surface area contributed by atoms with Crippen molar-refractivity contribution in [1.82, 2.24) is 19.5 Å². The van der Waals surface area contributed by atoms with E-state index in [-0.39, 0.29) is 0 Å². The molecule has 0 radical (unpaired) electrons. The maximum absolute atomic E-state index is 12.0. The molecule has 0 unspecified atom stereocenters. The zero-order valence-electron chi connectivity index (χ0n) is 15.6. The summed E-state index contributed by atoms with van der Waals surface area (Å²) in [5, 5.41) is 11.8. The molecular weight excluding hydrogens is 431 g/mol. The van der Waals surface area contributed by atoms with Crippen LogP contribution in [0.5, 0.6) is 0 Å². The number of halogens is 2. The number of carboxylic acids is 1. The number of rotatable bonds is 6. The summed E-state index contributed by atoms with van der Waals surface area (Å²) in [6, 6.07) is 5.30. The molecule has 1 aliphatic carbocycles. The highest BCUT2D eigenvalue weighted by atomic mass is 35.5. The van der Waals surface area contributed by atoms with Crippen LogP contribution in [-0.2, 0) is 11.3 Å². The Morgan fingerprint density at radius 3 is 2.72 bits per heavy atom. The van der Waals surface area contributed by atoms with Crippen molar-refractivity contribution in [3.63, 3.8) is 0 Å². The van der Waals surface area contributed by atoms with E-state index in [0.717, 1.165) is 22.7 Å². The minimum Gasteiger partial charge on any atom is -0.480 e. The number of nitrogens with zero attached hydrogens (tertiary/aromatic N) is 4. The van der Waals surface area contributed by atoms with Crippen molar-refractivity contribution in [2.45, 2.75) is 42.5 Å². The molecule has 1 aliphatic rings. The second-order valence-corrected chi connectivity index (χ2v) is 9.21. The van der Waals surface area contributed by atoms with Crippen molar-refractivity contribution in [2.24, 2.45) is 0 Å². The quantitative estimate of drug-likeness (QED) is 0.564. The van der Waals surface area contributed by atoms with E-state index in [1.54, 1.807) is 30.7 Å². The number of thioether (sulfide) groups is 1. The summed E-state index contributed by atoms with van der Waals surface area (Å²) in [6.45, 7) is 2.27. The first-order valence-electron chi connectivity index (χ1n) is 9.09. The van der Waals surface area contributed by atoms with Crippen molar-refractivity contribution in [3.05, 3.63) is 58.1 Å². The summed E-state index contributed by atoms with van der Waals surface area (Å²) in [5.74, 6) is -0.170. The van der Waals surface area contributed by atoms with Gasteiger partial charge in [0, 0.05) is 22.4 Å². The Hall–Kier alpha value is -2.09. The average molecular weight is 449 g/mol. The Morgan fingerprint density at radius 1 is 1.31 bits per heavy atom. The zero-order chi connectivity index (χ0) is 20.6. The Bertz CT molecular complexity index is 1070. The maximum atomic E-state index is 12.0. The SMILES string of the molecule is Cc1nc(-c2cnccn2)n(Cc2cc(Cl)ccc2Cl)c1SC1(C(=O)O)CCC1. The molecule has 0 aliphatic heterocycles. The van der Waals surface area contributed by atoms with E-state index in [0.29, 0.717) is 40.9 Å². The Labute approximate surface area is 182 Å². The van der Waals surface area contributed by atoms with Crippen LogP contribution in [0.4, 0.5) is 0 Å². The largest absolute Gasteiger partial charge is 0.480 e. The summed E-state index contributed by atoms with van der Waals surface area (Å²) >= 11 is 13.9. The first-order valence-corrected chi connectivity index (χ1v) is 10.7. The summed E-state index contributed by atoms with van der Waals surface area (Å²) in [6.07, 6.45) is 7.02. The summed E-state index contributed by atoms with van der Waals surface area (Å²) in [4.78, 5) is 25.2. The summed E-state index contributed by atoms with van der Waals surface area (Å²) in [5.41, 5.74) is 2.18. The predicted molar refractivity (Wildman–Crippen MR) is 114 cm³/mol. The van der Waals surface area contributed by atoms with E-state index < -0.39 is 10.7 Å². The van der Waals surface area contributed by atoms with Crippen molar-refractivity contribution < 1.29 is 9.90 Å². The molecule has 6 nitrogen and oxygen atoms in total. The van der Waals surface area contributed by atoms with Gasteiger partial charge in [0.1, 0.15) is 10.4 Å². The molecule has 0 saturated heterocycles. The monoisotopic (exact) mass is 448 g/mol. The van der Waals surface area contributed by atoms with Gasteiger partial charge in [-0.25, -0.2) is 9.97 Å². The van der Waals surface area contributed by atoms with Gasteiger partial charge in [0.25, 0.3) is 0 Å². The van der Waals surface area contributed by atoms with Crippen LogP contribution in [0.1, 0.15) is 30.5 Å². The molecule has 1 aromatic carbocycles. The Kier molecular flexibility index (Phi) is 5.55. The standard InChI is InChI=1S/C20H18Cl2N4O2S/c1-12-18(29-20(19(27)28)5-2-6-20)26(11-13-9-14(21)3-4-15(13)22)17(25-12)16-10-23-7-8-24-16/h3-4,7-10H,2,5-6,11H2,1H3,(H,27,28). The van der Waals surface area contributed by atoms with E-state index >= 15 is 0 Å². The van der Waals surface area contributed by atoms with Gasteiger partial charge in [-0.1, -0.05) is 35.0 Å². The lowest BCUT2D eigenvalue weighted by atomic mass is 9.84. The molecule has 1 fully saturated rings. The molecule has 0 atom stereocenters. The highest BCUT2D eigenvalue weighted by Gasteiger charge is 2.46. The molecule has 0 bridgehead atoms. The minimum absolute atomic E-state index is 0.393. The fourth-order valence-corrected chi connectivity index (χ4v) is 5.10. The van der Waals surface area contributed by atoms with Gasteiger partial charge in [-0.2, -0.15) is 0 Å². The molecular formula is C20H18Cl2N4O2S. The van der Waals surface area contributed by atoms with E-state index in [2.05, 4.69) is 9.97 Å². The first-order chi connectivity index (χ1) is 13.9. The molecule has 2 heterocycles. The van der Waals surface area contributed by atoms with Crippen LogP contribution in [0.25, 0.3) is 11.5 Å². The fraction of sp³-hybridized carbons (Fsp3) is 0.300. The Balaban J connectivity index is 1.83. The van der Waals surface area contributed by atoms with E-state index in [9.17, 15) is 9.90 Å². The molecule has 1 saturated carbocycles. The molecule has 3 aromatic rings. The maximum Gasteiger partial charge on any atom is 0.320 e. The third-order valence-electron chi connectivity index (χ3n) is 5.06. The number of aromatic nitrogens is 4. The summed E-state index contributed by atoms with van der Waals surface area (Å²) < 4.78 is 1.14. The van der Waals surface area contributed by atoms with Gasteiger partial charge in [-0.05, 0) is 49.9 Å².